The Bertz CT molecular complexity index is 928. The Hall–Kier alpha value is -2.43. The van der Waals surface area contributed by atoms with Gasteiger partial charge in [-0.3, -0.25) is 4.79 Å². The van der Waals surface area contributed by atoms with Gasteiger partial charge in [-0.1, -0.05) is 31.4 Å². The minimum absolute atomic E-state index is 0.0131. The predicted molar refractivity (Wildman–Crippen MR) is 113 cm³/mol. The number of aromatic nitrogens is 2. The van der Waals surface area contributed by atoms with Gasteiger partial charge in [-0.2, -0.15) is 5.10 Å². The van der Waals surface area contributed by atoms with Crippen LogP contribution in [-0.4, -0.2) is 33.7 Å². The van der Waals surface area contributed by atoms with E-state index in [2.05, 4.69) is 25.9 Å². The average molecular weight is 396 g/mol. The van der Waals surface area contributed by atoms with Gasteiger partial charge < -0.3 is 4.90 Å². The first-order valence-corrected chi connectivity index (χ1v) is 10.9. The molecule has 0 fully saturated rings. The van der Waals surface area contributed by atoms with E-state index in [4.69, 9.17) is 0 Å². The largest absolute Gasteiger partial charge is 0.342 e. The Labute approximate surface area is 172 Å². The number of fused-ring (bicyclic) bond motifs is 1. The molecule has 1 amide bonds. The van der Waals surface area contributed by atoms with Crippen LogP contribution in [0, 0.1) is 11.7 Å². The predicted octanol–water partition coefficient (Wildman–Crippen LogP) is 5.03. The molecule has 29 heavy (non-hydrogen) atoms. The van der Waals surface area contributed by atoms with E-state index in [0.717, 1.165) is 50.9 Å². The highest BCUT2D eigenvalue weighted by atomic mass is 19.1. The first kappa shape index (κ1) is 19.9. The number of unbranched alkanes of at least 4 members (excludes halogenated alkanes) is 1. The van der Waals surface area contributed by atoms with Gasteiger partial charge in [0.25, 0.3) is 0 Å². The normalized spacial score (nSPS) is 20.6. The number of amides is 1. The van der Waals surface area contributed by atoms with Gasteiger partial charge in [-0.05, 0) is 50.5 Å². The number of hydrogen-bond acceptors (Lipinski definition) is 2. The molecule has 1 heterocycles. The maximum absolute atomic E-state index is 13.3. The van der Waals surface area contributed by atoms with Gasteiger partial charge in [-0.25, -0.2) is 9.07 Å². The van der Waals surface area contributed by atoms with Crippen molar-refractivity contribution in [3.63, 3.8) is 0 Å². The monoisotopic (exact) mass is 395 g/mol. The smallest absolute Gasteiger partial charge is 0.229 e. The first-order valence-electron chi connectivity index (χ1n) is 10.9. The molecule has 0 saturated heterocycles. The van der Waals surface area contributed by atoms with E-state index in [-0.39, 0.29) is 17.7 Å². The average Bonchev–Trinajstić information content (AvgIpc) is 3.34. The number of carbonyl (C=O) groups is 1. The quantitative estimate of drug-likeness (QED) is 0.644. The van der Waals surface area contributed by atoms with Crippen LogP contribution in [-0.2, 0) is 11.2 Å². The van der Waals surface area contributed by atoms with Gasteiger partial charge >= 0.3 is 0 Å². The molecule has 0 aliphatic heterocycles. The summed E-state index contributed by atoms with van der Waals surface area (Å²) < 4.78 is 15.3. The number of rotatable bonds is 6. The molecule has 5 heteroatoms. The maximum atomic E-state index is 13.3. The Balaban J connectivity index is 1.62. The van der Waals surface area contributed by atoms with Crippen molar-refractivity contribution >= 4 is 5.91 Å². The van der Waals surface area contributed by atoms with Gasteiger partial charge in [0, 0.05) is 31.0 Å². The highest BCUT2D eigenvalue weighted by Crippen LogP contribution is 2.47. The molecule has 1 aromatic carbocycles. The molecule has 0 spiro atoms. The number of halogens is 1. The molecule has 2 aliphatic carbocycles. The molecule has 4 rings (SSSR count). The van der Waals surface area contributed by atoms with Crippen molar-refractivity contribution in [1.82, 2.24) is 14.7 Å². The Morgan fingerprint density at radius 2 is 2.03 bits per heavy atom. The molecule has 2 aromatic rings. The van der Waals surface area contributed by atoms with Crippen molar-refractivity contribution < 1.29 is 9.18 Å². The van der Waals surface area contributed by atoms with E-state index in [9.17, 15) is 9.18 Å². The van der Waals surface area contributed by atoms with Crippen LogP contribution in [0.4, 0.5) is 4.39 Å². The van der Waals surface area contributed by atoms with E-state index in [1.54, 1.807) is 12.1 Å². The second kappa shape index (κ2) is 8.13. The number of allylic oxidation sites excluding steroid dienone is 1. The fourth-order valence-corrected chi connectivity index (χ4v) is 5.01. The van der Waals surface area contributed by atoms with E-state index >= 15 is 0 Å². The van der Waals surface area contributed by atoms with Crippen molar-refractivity contribution in [3.05, 3.63) is 58.7 Å². The number of nitrogens with zero attached hydrogens (tertiary/aromatic N) is 3. The lowest BCUT2D eigenvalue weighted by molar-refractivity contribution is -0.134. The van der Waals surface area contributed by atoms with Crippen LogP contribution in [0.5, 0.6) is 0 Å². The molecule has 0 saturated carbocycles. The third kappa shape index (κ3) is 3.52. The summed E-state index contributed by atoms with van der Waals surface area (Å²) in [5, 5.41) is 4.61. The van der Waals surface area contributed by atoms with E-state index < -0.39 is 0 Å². The Morgan fingerprint density at radius 1 is 1.28 bits per heavy atom. The molecule has 0 unspecified atom stereocenters. The molecule has 2 aliphatic rings. The highest BCUT2D eigenvalue weighted by Gasteiger charge is 2.40. The lowest BCUT2D eigenvalue weighted by Gasteiger charge is -2.30. The molecule has 4 nitrogen and oxygen atoms in total. The van der Waals surface area contributed by atoms with Gasteiger partial charge in [-0.15, -0.1) is 0 Å². The maximum Gasteiger partial charge on any atom is 0.229 e. The summed E-state index contributed by atoms with van der Waals surface area (Å²) in [5.74, 6) is 0.268. The fourth-order valence-electron chi connectivity index (χ4n) is 5.01. The summed E-state index contributed by atoms with van der Waals surface area (Å²) in [7, 11) is 0. The van der Waals surface area contributed by atoms with Crippen LogP contribution < -0.4 is 0 Å². The SMILES string of the molecule is CCCCN(CC)C(=O)[C@@H]1CCC2=C1[C@@H](C)c1cnn(-c3ccc(F)cc3)c1C2. The van der Waals surface area contributed by atoms with Crippen LogP contribution >= 0.6 is 0 Å². The third-order valence-corrected chi connectivity index (χ3v) is 6.58. The molecule has 1 aromatic heterocycles. The first-order chi connectivity index (χ1) is 14.0. The molecular formula is C24H30FN3O. The number of benzene rings is 1. The third-order valence-electron chi connectivity index (χ3n) is 6.58. The van der Waals surface area contributed by atoms with Gasteiger partial charge in [0.1, 0.15) is 5.82 Å². The van der Waals surface area contributed by atoms with Crippen molar-refractivity contribution in [1.29, 1.82) is 0 Å². The van der Waals surface area contributed by atoms with Crippen LogP contribution in [0.15, 0.2) is 41.6 Å². The lowest BCUT2D eigenvalue weighted by Crippen LogP contribution is -2.37. The van der Waals surface area contributed by atoms with Crippen molar-refractivity contribution in [3.8, 4) is 5.69 Å². The number of hydrogen-bond donors (Lipinski definition) is 0. The molecule has 0 N–H and O–H groups in total. The summed E-state index contributed by atoms with van der Waals surface area (Å²) in [5.41, 5.74) is 5.99. The minimum Gasteiger partial charge on any atom is -0.342 e. The molecule has 0 radical (unpaired) electrons. The number of carbonyl (C=O) groups excluding carboxylic acids is 1. The Morgan fingerprint density at radius 3 is 2.72 bits per heavy atom. The summed E-state index contributed by atoms with van der Waals surface area (Å²) in [6.45, 7) is 8.08. The second-order valence-electron chi connectivity index (χ2n) is 8.25. The fraction of sp³-hybridized carbons (Fsp3) is 0.500. The molecule has 0 bridgehead atoms. The van der Waals surface area contributed by atoms with Crippen LogP contribution in [0.1, 0.15) is 63.6 Å². The van der Waals surface area contributed by atoms with E-state index in [1.165, 1.54) is 34.5 Å². The van der Waals surface area contributed by atoms with E-state index in [0.29, 0.717) is 5.91 Å². The summed E-state index contributed by atoms with van der Waals surface area (Å²) >= 11 is 0. The standard InChI is InChI=1S/C24H30FN3O/c1-4-6-13-27(5-2)24(29)20-12-7-17-14-22-21(16(3)23(17)20)15-26-28(22)19-10-8-18(25)9-11-19/h8-11,15-16,20H,4-7,12-14H2,1-3H3/t16-,20+/m0/s1. The zero-order valence-corrected chi connectivity index (χ0v) is 17.6. The molecule has 2 atom stereocenters. The highest BCUT2D eigenvalue weighted by molar-refractivity contribution is 5.83. The van der Waals surface area contributed by atoms with Gasteiger partial charge in [0.15, 0.2) is 0 Å². The lowest BCUT2D eigenvalue weighted by atomic mass is 9.79. The summed E-state index contributed by atoms with van der Waals surface area (Å²) in [6, 6.07) is 6.48. The summed E-state index contributed by atoms with van der Waals surface area (Å²) in [4.78, 5) is 15.3. The van der Waals surface area contributed by atoms with Crippen LogP contribution in [0.2, 0.25) is 0 Å². The van der Waals surface area contributed by atoms with E-state index in [1.807, 2.05) is 15.8 Å². The van der Waals surface area contributed by atoms with Crippen molar-refractivity contribution in [2.75, 3.05) is 13.1 Å². The van der Waals surface area contributed by atoms with Crippen LogP contribution in [0.3, 0.4) is 0 Å². The van der Waals surface area contributed by atoms with Gasteiger partial charge in [0.05, 0.1) is 23.5 Å². The molecular weight excluding hydrogens is 365 g/mol. The van der Waals surface area contributed by atoms with Crippen molar-refractivity contribution in [2.24, 2.45) is 5.92 Å². The topological polar surface area (TPSA) is 38.1 Å². The summed E-state index contributed by atoms with van der Waals surface area (Å²) in [6.07, 6.45) is 6.83. The second-order valence-corrected chi connectivity index (χ2v) is 8.25. The minimum atomic E-state index is -0.242. The Kier molecular flexibility index (Phi) is 5.57. The van der Waals surface area contributed by atoms with Crippen molar-refractivity contribution in [2.45, 2.75) is 58.8 Å². The van der Waals surface area contributed by atoms with Crippen LogP contribution in [0.25, 0.3) is 5.69 Å². The zero-order valence-electron chi connectivity index (χ0n) is 17.6. The zero-order chi connectivity index (χ0) is 20.5. The molecule has 154 valence electrons. The van der Waals surface area contributed by atoms with Gasteiger partial charge in [0.2, 0.25) is 5.91 Å².